The van der Waals surface area contributed by atoms with Crippen molar-refractivity contribution in [2.24, 2.45) is 5.92 Å². The van der Waals surface area contributed by atoms with Gasteiger partial charge in [-0.3, -0.25) is 4.79 Å². The van der Waals surface area contributed by atoms with Crippen LogP contribution in [0.2, 0.25) is 0 Å². The quantitative estimate of drug-likeness (QED) is 0.605. The second kappa shape index (κ2) is 4.52. The maximum Gasteiger partial charge on any atom is 0.308 e. The molecule has 0 rings (SSSR count). The van der Waals surface area contributed by atoms with E-state index < -0.39 is 18.0 Å². The highest BCUT2D eigenvalue weighted by molar-refractivity contribution is 6.17. The number of alkyl halides is 1. The molecule has 2 atom stereocenters. The van der Waals surface area contributed by atoms with Crippen LogP contribution in [0.15, 0.2) is 0 Å². The van der Waals surface area contributed by atoms with Gasteiger partial charge in [0.2, 0.25) is 0 Å². The first-order valence-corrected chi connectivity index (χ1v) is 3.60. The standard InChI is InChI=1S/C6H11ClO3/c1-4(6(9)10)5(8)2-3-7/h4-5,8H,2-3H2,1H3,(H,9,10)/t4-,5+/m0/s1. The minimum atomic E-state index is -0.988. The Labute approximate surface area is 64.6 Å². The van der Waals surface area contributed by atoms with Crippen molar-refractivity contribution in [1.82, 2.24) is 0 Å². The zero-order valence-electron chi connectivity index (χ0n) is 5.75. The lowest BCUT2D eigenvalue weighted by molar-refractivity contribution is -0.144. The second-order valence-electron chi connectivity index (χ2n) is 2.17. The van der Waals surface area contributed by atoms with E-state index in [1.54, 1.807) is 0 Å². The van der Waals surface area contributed by atoms with Crippen LogP contribution in [0.3, 0.4) is 0 Å². The third-order valence-corrected chi connectivity index (χ3v) is 1.59. The Kier molecular flexibility index (Phi) is 4.40. The molecule has 0 aliphatic rings. The van der Waals surface area contributed by atoms with Gasteiger partial charge in [-0.25, -0.2) is 0 Å². The third kappa shape index (κ3) is 3.03. The van der Waals surface area contributed by atoms with Gasteiger partial charge in [0.15, 0.2) is 0 Å². The minimum absolute atomic E-state index is 0.290. The van der Waals surface area contributed by atoms with E-state index in [9.17, 15) is 4.79 Å². The highest BCUT2D eigenvalue weighted by Gasteiger charge is 2.19. The molecular formula is C6H11ClO3. The minimum Gasteiger partial charge on any atom is -0.481 e. The molecule has 0 amide bonds. The van der Waals surface area contributed by atoms with Crippen LogP contribution in [0.5, 0.6) is 0 Å². The summed E-state index contributed by atoms with van der Waals surface area (Å²) in [5.41, 5.74) is 0. The van der Waals surface area contributed by atoms with Crippen LogP contribution in [-0.2, 0) is 4.79 Å². The van der Waals surface area contributed by atoms with Crippen molar-refractivity contribution in [3.63, 3.8) is 0 Å². The molecule has 0 aromatic heterocycles. The fraction of sp³-hybridized carbons (Fsp3) is 0.833. The molecule has 0 heterocycles. The zero-order chi connectivity index (χ0) is 8.15. The van der Waals surface area contributed by atoms with Gasteiger partial charge in [0.05, 0.1) is 12.0 Å². The average molecular weight is 167 g/mol. The monoisotopic (exact) mass is 166 g/mol. The number of rotatable bonds is 4. The number of hydrogen-bond acceptors (Lipinski definition) is 2. The average Bonchev–Trinajstić information content (AvgIpc) is 1.87. The maximum atomic E-state index is 10.2. The molecule has 0 aromatic rings. The molecule has 0 radical (unpaired) electrons. The summed E-state index contributed by atoms with van der Waals surface area (Å²) in [4.78, 5) is 10.2. The smallest absolute Gasteiger partial charge is 0.308 e. The molecule has 0 unspecified atom stereocenters. The van der Waals surface area contributed by atoms with E-state index in [-0.39, 0.29) is 0 Å². The van der Waals surface area contributed by atoms with Crippen molar-refractivity contribution in [3.05, 3.63) is 0 Å². The Bertz CT molecular complexity index is 116. The summed E-state index contributed by atoms with van der Waals surface area (Å²) >= 11 is 5.29. The summed E-state index contributed by atoms with van der Waals surface area (Å²) in [5.74, 6) is -1.42. The van der Waals surface area contributed by atoms with Gasteiger partial charge >= 0.3 is 5.97 Å². The van der Waals surface area contributed by atoms with Crippen molar-refractivity contribution >= 4 is 17.6 Å². The van der Waals surface area contributed by atoms with E-state index in [0.29, 0.717) is 12.3 Å². The number of halogens is 1. The molecule has 2 N–H and O–H groups in total. The molecule has 0 aliphatic heterocycles. The topological polar surface area (TPSA) is 57.5 Å². The van der Waals surface area contributed by atoms with E-state index in [4.69, 9.17) is 21.8 Å². The predicted octanol–water partition coefficient (Wildman–Crippen LogP) is 0.697. The SMILES string of the molecule is C[C@H](C(=O)O)[C@H](O)CCCl. The first-order valence-electron chi connectivity index (χ1n) is 3.06. The van der Waals surface area contributed by atoms with Gasteiger partial charge in [-0.1, -0.05) is 0 Å². The lowest BCUT2D eigenvalue weighted by Crippen LogP contribution is -2.25. The van der Waals surface area contributed by atoms with Crippen LogP contribution >= 0.6 is 11.6 Å². The highest BCUT2D eigenvalue weighted by Crippen LogP contribution is 2.07. The summed E-state index contributed by atoms with van der Waals surface area (Å²) < 4.78 is 0. The molecule has 0 spiro atoms. The second-order valence-corrected chi connectivity index (χ2v) is 2.55. The summed E-state index contributed by atoms with van der Waals surface area (Å²) in [7, 11) is 0. The van der Waals surface area contributed by atoms with Crippen LogP contribution in [0.4, 0.5) is 0 Å². The van der Waals surface area contributed by atoms with Crippen LogP contribution in [0.25, 0.3) is 0 Å². The van der Waals surface area contributed by atoms with Crippen molar-refractivity contribution in [2.45, 2.75) is 19.4 Å². The van der Waals surface area contributed by atoms with Gasteiger partial charge in [-0.05, 0) is 13.3 Å². The number of aliphatic hydroxyl groups excluding tert-OH is 1. The number of aliphatic carboxylic acids is 1. The molecular weight excluding hydrogens is 156 g/mol. The lowest BCUT2D eigenvalue weighted by atomic mass is 10.0. The van der Waals surface area contributed by atoms with E-state index >= 15 is 0 Å². The molecule has 0 aliphatic carbocycles. The summed E-state index contributed by atoms with van der Waals surface area (Å²) in [5, 5.41) is 17.4. The molecule has 3 nitrogen and oxygen atoms in total. The van der Waals surface area contributed by atoms with E-state index in [0.717, 1.165) is 0 Å². The van der Waals surface area contributed by atoms with E-state index in [2.05, 4.69) is 0 Å². The predicted molar refractivity (Wildman–Crippen MR) is 38.1 cm³/mol. The van der Waals surface area contributed by atoms with Crippen LogP contribution in [-0.4, -0.2) is 28.2 Å². The van der Waals surface area contributed by atoms with Crippen LogP contribution in [0.1, 0.15) is 13.3 Å². The zero-order valence-corrected chi connectivity index (χ0v) is 6.51. The van der Waals surface area contributed by atoms with Crippen molar-refractivity contribution in [3.8, 4) is 0 Å². The lowest BCUT2D eigenvalue weighted by Gasteiger charge is -2.12. The number of carboxylic acids is 1. The molecule has 60 valence electrons. The van der Waals surface area contributed by atoms with Gasteiger partial charge in [-0.15, -0.1) is 11.6 Å². The molecule has 10 heavy (non-hydrogen) atoms. The van der Waals surface area contributed by atoms with Crippen molar-refractivity contribution < 1.29 is 15.0 Å². The Morgan fingerprint density at radius 2 is 2.20 bits per heavy atom. The molecule has 0 fully saturated rings. The van der Waals surface area contributed by atoms with Crippen molar-refractivity contribution in [2.75, 3.05) is 5.88 Å². The number of hydrogen-bond donors (Lipinski definition) is 2. The normalized spacial score (nSPS) is 16.3. The number of aliphatic hydroxyl groups is 1. The summed E-state index contributed by atoms with van der Waals surface area (Å²) in [6, 6.07) is 0. The maximum absolute atomic E-state index is 10.2. The van der Waals surface area contributed by atoms with Crippen LogP contribution < -0.4 is 0 Å². The molecule has 4 heteroatoms. The molecule has 0 saturated heterocycles. The first kappa shape index (κ1) is 9.72. The Hall–Kier alpha value is -0.280. The van der Waals surface area contributed by atoms with Gasteiger partial charge in [-0.2, -0.15) is 0 Å². The molecule has 0 aromatic carbocycles. The Morgan fingerprint density at radius 1 is 1.70 bits per heavy atom. The first-order chi connectivity index (χ1) is 4.59. The largest absolute Gasteiger partial charge is 0.481 e. The van der Waals surface area contributed by atoms with E-state index in [1.165, 1.54) is 6.92 Å². The van der Waals surface area contributed by atoms with E-state index in [1.807, 2.05) is 0 Å². The van der Waals surface area contributed by atoms with Gasteiger partial charge < -0.3 is 10.2 Å². The van der Waals surface area contributed by atoms with Gasteiger partial charge in [0, 0.05) is 5.88 Å². The molecule has 0 bridgehead atoms. The third-order valence-electron chi connectivity index (χ3n) is 1.37. The summed E-state index contributed by atoms with van der Waals surface area (Å²) in [6.07, 6.45) is -0.496. The van der Waals surface area contributed by atoms with Crippen molar-refractivity contribution in [1.29, 1.82) is 0 Å². The van der Waals surface area contributed by atoms with Gasteiger partial charge in [0.25, 0.3) is 0 Å². The highest BCUT2D eigenvalue weighted by atomic mass is 35.5. The van der Waals surface area contributed by atoms with Crippen LogP contribution in [0, 0.1) is 5.92 Å². The number of carboxylic acid groups (broad SMARTS) is 1. The fourth-order valence-corrected chi connectivity index (χ4v) is 0.750. The Balaban J connectivity index is 3.69. The number of carbonyl (C=O) groups is 1. The van der Waals surface area contributed by atoms with Gasteiger partial charge in [0.1, 0.15) is 0 Å². The molecule has 0 saturated carbocycles. The fourth-order valence-electron chi connectivity index (χ4n) is 0.526. The Morgan fingerprint density at radius 3 is 2.50 bits per heavy atom. The summed E-state index contributed by atoms with van der Waals surface area (Å²) in [6.45, 7) is 1.46.